The molecule has 10 heteroatoms. The second kappa shape index (κ2) is 12.3. The van der Waals surface area contributed by atoms with Gasteiger partial charge in [0.05, 0.1) is 22.0 Å². The number of halogens is 2. The first-order valence-electron chi connectivity index (χ1n) is 11.1. The van der Waals surface area contributed by atoms with Gasteiger partial charge in [-0.3, -0.25) is 13.9 Å². The quantitative estimate of drug-likeness (QED) is 0.413. The number of carbonyl (C=O) groups excluding carboxylic acids is 2. The third-order valence-electron chi connectivity index (χ3n) is 5.58. The van der Waals surface area contributed by atoms with E-state index in [9.17, 15) is 18.0 Å². The Balaban J connectivity index is 2.03. The lowest BCUT2D eigenvalue weighted by molar-refractivity contribution is -0.139. The van der Waals surface area contributed by atoms with Gasteiger partial charge in [-0.2, -0.15) is 0 Å². The third-order valence-corrected chi connectivity index (χ3v) is 7.46. The molecule has 0 radical (unpaired) electrons. The summed E-state index contributed by atoms with van der Waals surface area (Å²) in [5.41, 5.74) is 1.84. The third kappa shape index (κ3) is 7.22. The minimum absolute atomic E-state index is 0.0209. The zero-order valence-corrected chi connectivity index (χ0v) is 22.2. The Morgan fingerprint density at radius 2 is 1.50 bits per heavy atom. The fourth-order valence-electron chi connectivity index (χ4n) is 3.76. The van der Waals surface area contributed by atoms with Crippen molar-refractivity contribution >= 4 is 50.7 Å². The molecular weight excluding hydrogens is 521 g/mol. The second-order valence-electron chi connectivity index (χ2n) is 8.20. The molecule has 1 atom stereocenters. The van der Waals surface area contributed by atoms with Crippen LogP contribution in [0.5, 0.6) is 0 Å². The van der Waals surface area contributed by atoms with Crippen molar-refractivity contribution in [1.29, 1.82) is 0 Å². The number of nitrogens with zero attached hydrogens (tertiary/aromatic N) is 2. The summed E-state index contributed by atoms with van der Waals surface area (Å²) in [5.74, 6) is -0.919. The molecule has 0 heterocycles. The Hall–Kier alpha value is -3.07. The lowest BCUT2D eigenvalue weighted by Gasteiger charge is -2.33. The number of para-hydroxylation sites is 1. The van der Waals surface area contributed by atoms with Crippen molar-refractivity contribution < 1.29 is 18.0 Å². The Kier molecular flexibility index (Phi) is 9.37. The number of anilines is 1. The van der Waals surface area contributed by atoms with Crippen LogP contribution in [-0.4, -0.2) is 51.0 Å². The summed E-state index contributed by atoms with van der Waals surface area (Å²) >= 11 is 12.3. The molecule has 0 unspecified atom stereocenters. The lowest BCUT2D eigenvalue weighted by Crippen LogP contribution is -2.52. The van der Waals surface area contributed by atoms with Crippen molar-refractivity contribution in [2.24, 2.45) is 0 Å². The molecule has 2 amide bonds. The van der Waals surface area contributed by atoms with Crippen LogP contribution in [0.4, 0.5) is 5.69 Å². The van der Waals surface area contributed by atoms with Gasteiger partial charge in [-0.15, -0.1) is 0 Å². The summed E-state index contributed by atoms with van der Waals surface area (Å²) < 4.78 is 26.3. The maximum atomic E-state index is 13.8. The van der Waals surface area contributed by atoms with Gasteiger partial charge in [0.1, 0.15) is 12.6 Å². The highest BCUT2D eigenvalue weighted by atomic mass is 35.5. The van der Waals surface area contributed by atoms with Crippen LogP contribution in [0.3, 0.4) is 0 Å². The minimum atomic E-state index is -3.80. The van der Waals surface area contributed by atoms with E-state index in [2.05, 4.69) is 5.32 Å². The van der Waals surface area contributed by atoms with Crippen LogP contribution in [0, 0.1) is 0 Å². The number of hydrogen-bond acceptors (Lipinski definition) is 4. The monoisotopic (exact) mass is 547 g/mol. The molecule has 3 aromatic rings. The minimum Gasteiger partial charge on any atom is -0.357 e. The van der Waals surface area contributed by atoms with Crippen LogP contribution in [0.1, 0.15) is 11.1 Å². The molecular formula is C26H27Cl2N3O4S. The fourth-order valence-corrected chi connectivity index (χ4v) is 4.93. The van der Waals surface area contributed by atoms with E-state index in [0.29, 0.717) is 21.3 Å². The first-order valence-corrected chi connectivity index (χ1v) is 13.7. The van der Waals surface area contributed by atoms with E-state index in [-0.39, 0.29) is 18.9 Å². The highest BCUT2D eigenvalue weighted by molar-refractivity contribution is 7.92. The molecule has 0 aromatic heterocycles. The molecule has 36 heavy (non-hydrogen) atoms. The van der Waals surface area contributed by atoms with Gasteiger partial charge < -0.3 is 10.2 Å². The Labute approximate surface area is 221 Å². The van der Waals surface area contributed by atoms with Crippen LogP contribution in [0.2, 0.25) is 10.0 Å². The van der Waals surface area contributed by atoms with Gasteiger partial charge in [-0.25, -0.2) is 8.42 Å². The molecule has 0 aliphatic heterocycles. The van der Waals surface area contributed by atoms with Gasteiger partial charge in [0.25, 0.3) is 0 Å². The zero-order valence-electron chi connectivity index (χ0n) is 19.9. The van der Waals surface area contributed by atoms with Crippen LogP contribution in [0.15, 0.2) is 78.9 Å². The summed E-state index contributed by atoms with van der Waals surface area (Å²) in [5, 5.41) is 3.30. The Morgan fingerprint density at radius 1 is 0.889 bits per heavy atom. The van der Waals surface area contributed by atoms with E-state index in [1.807, 2.05) is 30.3 Å². The van der Waals surface area contributed by atoms with Gasteiger partial charge in [0.2, 0.25) is 21.8 Å². The summed E-state index contributed by atoms with van der Waals surface area (Å²) in [6.45, 7) is -0.459. The van der Waals surface area contributed by atoms with Gasteiger partial charge in [0, 0.05) is 20.0 Å². The molecule has 3 aromatic carbocycles. The Morgan fingerprint density at radius 3 is 2.06 bits per heavy atom. The predicted molar refractivity (Wildman–Crippen MR) is 144 cm³/mol. The van der Waals surface area contributed by atoms with E-state index < -0.39 is 28.5 Å². The van der Waals surface area contributed by atoms with E-state index in [4.69, 9.17) is 23.2 Å². The van der Waals surface area contributed by atoms with Gasteiger partial charge in [-0.1, -0.05) is 77.8 Å². The largest absolute Gasteiger partial charge is 0.357 e. The van der Waals surface area contributed by atoms with Gasteiger partial charge in [0.15, 0.2) is 0 Å². The summed E-state index contributed by atoms with van der Waals surface area (Å²) in [6.07, 6.45) is 1.27. The average Bonchev–Trinajstić information content (AvgIpc) is 2.86. The highest BCUT2D eigenvalue weighted by Crippen LogP contribution is 2.25. The van der Waals surface area contributed by atoms with Crippen molar-refractivity contribution in [3.05, 3.63) is 100 Å². The average molecular weight is 548 g/mol. The number of hydrogen-bond donors (Lipinski definition) is 1. The topological polar surface area (TPSA) is 86.8 Å². The van der Waals surface area contributed by atoms with Crippen molar-refractivity contribution in [2.45, 2.75) is 19.0 Å². The molecule has 1 N–H and O–H groups in total. The molecule has 3 rings (SSSR count). The molecule has 190 valence electrons. The van der Waals surface area contributed by atoms with E-state index in [0.717, 1.165) is 16.1 Å². The summed E-state index contributed by atoms with van der Waals surface area (Å²) in [7, 11) is -2.30. The maximum Gasteiger partial charge on any atom is 0.244 e. The molecule has 0 aliphatic rings. The van der Waals surface area contributed by atoms with E-state index in [1.54, 1.807) is 48.5 Å². The Bertz CT molecular complexity index is 1310. The number of likely N-dealkylation sites (N-methyl/N-ethyl adjacent to an activating group) is 1. The van der Waals surface area contributed by atoms with Gasteiger partial charge >= 0.3 is 0 Å². The molecule has 0 spiro atoms. The second-order valence-corrected chi connectivity index (χ2v) is 10.9. The summed E-state index contributed by atoms with van der Waals surface area (Å²) in [4.78, 5) is 28.2. The zero-order chi connectivity index (χ0) is 26.3. The van der Waals surface area contributed by atoms with E-state index in [1.165, 1.54) is 11.9 Å². The van der Waals surface area contributed by atoms with Crippen molar-refractivity contribution in [1.82, 2.24) is 10.2 Å². The molecule has 0 fully saturated rings. The van der Waals surface area contributed by atoms with Crippen molar-refractivity contribution in [3.8, 4) is 0 Å². The van der Waals surface area contributed by atoms with Crippen LogP contribution < -0.4 is 9.62 Å². The van der Waals surface area contributed by atoms with Crippen LogP contribution in [0.25, 0.3) is 0 Å². The fraction of sp³-hybridized carbons (Fsp3) is 0.231. The lowest BCUT2D eigenvalue weighted by atomic mass is 10.0. The molecule has 0 saturated carbocycles. The molecule has 0 aliphatic carbocycles. The normalized spacial score (nSPS) is 12.0. The number of benzene rings is 3. The first kappa shape index (κ1) is 27.5. The van der Waals surface area contributed by atoms with Crippen LogP contribution >= 0.6 is 23.2 Å². The van der Waals surface area contributed by atoms with E-state index >= 15 is 0 Å². The number of nitrogens with one attached hydrogen (secondary N) is 1. The number of rotatable bonds is 10. The highest BCUT2D eigenvalue weighted by Gasteiger charge is 2.32. The number of carbonyl (C=O) groups is 2. The van der Waals surface area contributed by atoms with Crippen molar-refractivity contribution in [3.63, 3.8) is 0 Å². The van der Waals surface area contributed by atoms with Crippen molar-refractivity contribution in [2.75, 3.05) is 24.2 Å². The maximum absolute atomic E-state index is 13.8. The van der Waals surface area contributed by atoms with Gasteiger partial charge in [-0.05, 0) is 35.4 Å². The molecule has 0 bridgehead atoms. The summed E-state index contributed by atoms with van der Waals surface area (Å²) in [6, 6.07) is 21.7. The first-order chi connectivity index (χ1) is 17.1. The van der Waals surface area contributed by atoms with Crippen LogP contribution in [-0.2, 0) is 32.6 Å². The molecule has 0 saturated heterocycles. The predicted octanol–water partition coefficient (Wildman–Crippen LogP) is 4.15. The number of sulfonamides is 1. The molecule has 7 nitrogen and oxygen atoms in total. The SMILES string of the molecule is CNC(=O)[C@@H](Cc1ccccc1)N(Cc1ccc(Cl)c(Cl)c1)C(=O)CN(c1ccccc1)S(C)(=O)=O. The standard InChI is InChI=1S/C26H27Cl2N3O4S/c1-29-26(33)24(16-19-9-5-3-6-10-19)30(17-20-13-14-22(27)23(28)15-20)25(32)18-31(36(2,34)35)21-11-7-4-8-12-21/h3-15,24H,16-18H2,1-2H3,(H,29,33)/t24-/m1/s1. The number of amides is 2. The smallest absolute Gasteiger partial charge is 0.244 e.